The fourth-order valence-corrected chi connectivity index (χ4v) is 3.99. The molecule has 0 aliphatic carbocycles. The van der Waals surface area contributed by atoms with Gasteiger partial charge in [-0.2, -0.15) is 5.26 Å². The zero-order valence-corrected chi connectivity index (χ0v) is 18.2. The van der Waals surface area contributed by atoms with Crippen molar-refractivity contribution in [1.82, 2.24) is 4.98 Å². The average Bonchev–Trinajstić information content (AvgIpc) is 2.66. The highest BCUT2D eigenvalue weighted by molar-refractivity contribution is 9.10. The second kappa shape index (κ2) is 7.81. The summed E-state index contributed by atoms with van der Waals surface area (Å²) < 4.78 is 0.990. The smallest absolute Gasteiger partial charge is 0.251 e. The molecular weight excluding hydrogens is 414 g/mol. The van der Waals surface area contributed by atoms with Crippen molar-refractivity contribution in [3.8, 4) is 6.07 Å². The Morgan fingerprint density at radius 3 is 2.57 bits per heavy atom. The number of nitriles is 1. The van der Waals surface area contributed by atoms with Crippen LogP contribution in [0.3, 0.4) is 0 Å². The molecular formula is C23H24BrN3O. The van der Waals surface area contributed by atoms with Gasteiger partial charge in [-0.15, -0.1) is 0 Å². The molecule has 0 saturated carbocycles. The summed E-state index contributed by atoms with van der Waals surface area (Å²) in [6.07, 6.45) is 1.27. The monoisotopic (exact) mass is 437 g/mol. The van der Waals surface area contributed by atoms with E-state index in [1.165, 1.54) is 0 Å². The number of aromatic nitrogens is 1. The fourth-order valence-electron chi connectivity index (χ4n) is 3.46. The number of nitrogens with zero attached hydrogens (tertiary/aromatic N) is 2. The van der Waals surface area contributed by atoms with Crippen LogP contribution in [0.2, 0.25) is 0 Å². The minimum atomic E-state index is -0.709. The number of anilines is 1. The van der Waals surface area contributed by atoms with E-state index in [-0.39, 0.29) is 5.56 Å². The molecule has 144 valence electrons. The molecule has 1 unspecified atom stereocenters. The molecule has 0 bridgehead atoms. The largest absolute Gasteiger partial charge is 0.378 e. The van der Waals surface area contributed by atoms with Gasteiger partial charge in [0.05, 0.1) is 11.5 Å². The van der Waals surface area contributed by atoms with Crippen molar-refractivity contribution >= 4 is 32.5 Å². The lowest BCUT2D eigenvalue weighted by molar-refractivity contribution is 0.607. The third-order valence-electron chi connectivity index (χ3n) is 5.20. The van der Waals surface area contributed by atoms with Crippen LogP contribution in [-0.4, -0.2) is 19.1 Å². The summed E-state index contributed by atoms with van der Waals surface area (Å²) in [5.74, 6) is 0. The van der Waals surface area contributed by atoms with Gasteiger partial charge in [0.2, 0.25) is 0 Å². The van der Waals surface area contributed by atoms with E-state index < -0.39 is 5.41 Å². The molecule has 0 fully saturated rings. The number of fused-ring (bicyclic) bond motifs is 1. The normalized spacial score (nSPS) is 13.1. The lowest BCUT2D eigenvalue weighted by Crippen LogP contribution is -2.23. The number of nitrogens with one attached hydrogen (secondary N) is 1. The molecule has 0 saturated heterocycles. The van der Waals surface area contributed by atoms with Crippen LogP contribution in [-0.2, 0) is 18.3 Å². The summed E-state index contributed by atoms with van der Waals surface area (Å²) in [7, 11) is 4.00. The highest BCUT2D eigenvalue weighted by atomic mass is 79.9. The molecule has 1 aromatic heterocycles. The molecule has 0 aliphatic heterocycles. The lowest BCUT2D eigenvalue weighted by atomic mass is 9.78. The Bertz CT molecular complexity index is 1130. The Labute approximate surface area is 173 Å². The van der Waals surface area contributed by atoms with E-state index in [1.807, 2.05) is 57.1 Å². The first-order valence-corrected chi connectivity index (χ1v) is 10.1. The molecule has 0 spiro atoms. The van der Waals surface area contributed by atoms with Crippen molar-refractivity contribution in [3.63, 3.8) is 0 Å². The minimum Gasteiger partial charge on any atom is -0.378 e. The lowest BCUT2D eigenvalue weighted by Gasteiger charge is -2.24. The van der Waals surface area contributed by atoms with E-state index in [2.05, 4.69) is 45.2 Å². The zero-order chi connectivity index (χ0) is 20.5. The molecule has 4 nitrogen and oxygen atoms in total. The molecule has 0 radical (unpaired) electrons. The Hall–Kier alpha value is -2.58. The molecule has 28 heavy (non-hydrogen) atoms. The van der Waals surface area contributed by atoms with E-state index in [0.717, 1.165) is 37.8 Å². The quantitative estimate of drug-likeness (QED) is 0.614. The average molecular weight is 438 g/mol. The van der Waals surface area contributed by atoms with Crippen molar-refractivity contribution in [2.24, 2.45) is 0 Å². The number of benzene rings is 2. The van der Waals surface area contributed by atoms with E-state index in [1.54, 1.807) is 0 Å². The molecule has 3 aromatic rings. The van der Waals surface area contributed by atoms with Gasteiger partial charge in [0.15, 0.2) is 0 Å². The van der Waals surface area contributed by atoms with Crippen LogP contribution in [0.4, 0.5) is 5.69 Å². The highest BCUT2D eigenvalue weighted by Crippen LogP contribution is 2.32. The molecule has 1 atom stereocenters. The van der Waals surface area contributed by atoms with E-state index in [4.69, 9.17) is 0 Å². The SMILES string of the molecule is CCc1cc2ccc(C(C)(C#N)Cc3cc(Br)cc(N(C)C)c3)cc2[nH]c1=O. The van der Waals surface area contributed by atoms with Crippen molar-refractivity contribution in [2.45, 2.75) is 32.1 Å². The second-order valence-electron chi connectivity index (χ2n) is 7.61. The second-order valence-corrected chi connectivity index (χ2v) is 8.53. The summed E-state index contributed by atoms with van der Waals surface area (Å²) in [6.45, 7) is 3.92. The number of aromatic amines is 1. The fraction of sp³-hybridized carbons (Fsp3) is 0.304. The molecule has 5 heteroatoms. The summed E-state index contributed by atoms with van der Waals surface area (Å²) in [6, 6.07) is 16.6. The van der Waals surface area contributed by atoms with Crippen molar-refractivity contribution in [1.29, 1.82) is 5.26 Å². The molecule has 0 aliphatic rings. The van der Waals surface area contributed by atoms with Crippen LogP contribution >= 0.6 is 15.9 Å². The van der Waals surface area contributed by atoms with Gasteiger partial charge in [0.25, 0.3) is 5.56 Å². The van der Waals surface area contributed by atoms with Crippen molar-refractivity contribution in [2.75, 3.05) is 19.0 Å². The van der Waals surface area contributed by atoms with Crippen LogP contribution in [0.25, 0.3) is 10.9 Å². The predicted octanol–water partition coefficient (Wildman–Crippen LogP) is 4.94. The van der Waals surface area contributed by atoms with Gasteiger partial charge < -0.3 is 9.88 Å². The first kappa shape index (κ1) is 20.2. The molecule has 2 aromatic carbocycles. The van der Waals surface area contributed by atoms with Gasteiger partial charge in [-0.3, -0.25) is 4.79 Å². The Morgan fingerprint density at radius 1 is 1.18 bits per heavy atom. The number of hydrogen-bond donors (Lipinski definition) is 1. The van der Waals surface area contributed by atoms with Crippen LogP contribution in [0.1, 0.15) is 30.5 Å². The van der Waals surface area contributed by atoms with Crippen molar-refractivity contribution in [3.05, 3.63) is 74.0 Å². The number of halogens is 1. The van der Waals surface area contributed by atoms with Gasteiger partial charge >= 0.3 is 0 Å². The first-order valence-electron chi connectivity index (χ1n) is 9.30. The number of hydrogen-bond acceptors (Lipinski definition) is 3. The first-order chi connectivity index (χ1) is 13.3. The third kappa shape index (κ3) is 3.98. The van der Waals surface area contributed by atoms with Gasteiger partial charge in [-0.1, -0.05) is 35.0 Å². The third-order valence-corrected chi connectivity index (χ3v) is 5.66. The van der Waals surface area contributed by atoms with Crippen LogP contribution in [0.5, 0.6) is 0 Å². The standard InChI is InChI=1S/C23H24BrN3O/c1-5-16-10-17-6-7-18(11-21(17)26-22(16)28)23(2,14-25)13-15-8-19(24)12-20(9-15)27(3)4/h6-12H,5,13H2,1-4H3,(H,26,28). The van der Waals surface area contributed by atoms with Crippen LogP contribution in [0.15, 0.2) is 51.7 Å². The summed E-state index contributed by atoms with van der Waals surface area (Å²) >= 11 is 3.57. The topological polar surface area (TPSA) is 59.9 Å². The maximum atomic E-state index is 12.2. The van der Waals surface area contributed by atoms with Crippen molar-refractivity contribution < 1.29 is 0 Å². The summed E-state index contributed by atoms with van der Waals surface area (Å²) in [5.41, 5.74) is 3.83. The van der Waals surface area contributed by atoms with E-state index in [9.17, 15) is 10.1 Å². The predicted molar refractivity (Wildman–Crippen MR) is 119 cm³/mol. The minimum absolute atomic E-state index is 0.0616. The summed E-state index contributed by atoms with van der Waals surface area (Å²) in [5, 5.41) is 11.0. The Morgan fingerprint density at radius 2 is 1.93 bits per heavy atom. The highest BCUT2D eigenvalue weighted by Gasteiger charge is 2.28. The number of rotatable bonds is 5. The van der Waals surface area contributed by atoms with Gasteiger partial charge in [0, 0.05) is 35.3 Å². The molecule has 3 rings (SSSR count). The molecule has 0 amide bonds. The number of pyridine rings is 1. The molecule has 1 N–H and O–H groups in total. The van der Waals surface area contributed by atoms with Gasteiger partial charge in [-0.05, 0) is 66.6 Å². The van der Waals surface area contributed by atoms with Gasteiger partial charge in [-0.25, -0.2) is 0 Å². The summed E-state index contributed by atoms with van der Waals surface area (Å²) in [4.78, 5) is 17.2. The number of H-pyrrole nitrogens is 1. The zero-order valence-electron chi connectivity index (χ0n) is 16.6. The van der Waals surface area contributed by atoms with Gasteiger partial charge in [0.1, 0.15) is 0 Å². The maximum absolute atomic E-state index is 12.2. The maximum Gasteiger partial charge on any atom is 0.251 e. The Balaban J connectivity index is 2.04. The molecule has 1 heterocycles. The van der Waals surface area contributed by atoms with E-state index in [0.29, 0.717) is 12.8 Å². The van der Waals surface area contributed by atoms with Crippen LogP contribution < -0.4 is 10.5 Å². The van der Waals surface area contributed by atoms with E-state index >= 15 is 0 Å². The number of aryl methyl sites for hydroxylation is 1. The van der Waals surface area contributed by atoms with Crippen LogP contribution in [0, 0.1) is 11.3 Å². The Kier molecular flexibility index (Phi) is 5.62.